The highest BCUT2D eigenvalue weighted by Crippen LogP contribution is 2.35. The van der Waals surface area contributed by atoms with Gasteiger partial charge >= 0.3 is 5.69 Å². The molecule has 7 heteroatoms. The Balaban J connectivity index is 1.26. The van der Waals surface area contributed by atoms with Gasteiger partial charge in [0.1, 0.15) is 5.75 Å². The maximum atomic E-state index is 13.4. The van der Waals surface area contributed by atoms with Crippen molar-refractivity contribution in [2.24, 2.45) is 7.05 Å². The van der Waals surface area contributed by atoms with Crippen LogP contribution in [0.5, 0.6) is 5.75 Å². The molecule has 1 aliphatic carbocycles. The topological polar surface area (TPSA) is 61.5 Å². The summed E-state index contributed by atoms with van der Waals surface area (Å²) in [6, 6.07) is 14.9. The van der Waals surface area contributed by atoms with E-state index in [1.54, 1.807) is 11.7 Å². The molecule has 1 aliphatic heterocycles. The van der Waals surface area contributed by atoms with Gasteiger partial charge in [0.25, 0.3) is 0 Å². The molecule has 2 aliphatic rings. The molecule has 1 saturated heterocycles. The van der Waals surface area contributed by atoms with Crippen molar-refractivity contribution >= 4 is 21.9 Å². The smallest absolute Gasteiger partial charge is 0.329 e. The summed E-state index contributed by atoms with van der Waals surface area (Å²) in [5.41, 5.74) is 5.04. The predicted octanol–water partition coefficient (Wildman–Crippen LogP) is 5.55. The van der Waals surface area contributed by atoms with Crippen LogP contribution in [-0.4, -0.2) is 58.5 Å². The molecular weight excluding hydrogens is 476 g/mol. The largest absolute Gasteiger partial charge is 0.494 e. The van der Waals surface area contributed by atoms with Gasteiger partial charge in [-0.3, -0.25) is 14.1 Å². The lowest BCUT2D eigenvalue weighted by Gasteiger charge is -2.28. The zero-order valence-corrected chi connectivity index (χ0v) is 22.6. The molecule has 4 aromatic rings. The summed E-state index contributed by atoms with van der Waals surface area (Å²) in [6.45, 7) is 4.33. The number of pyridine rings is 1. The van der Waals surface area contributed by atoms with E-state index in [-0.39, 0.29) is 11.7 Å². The van der Waals surface area contributed by atoms with Crippen molar-refractivity contribution in [2.75, 3.05) is 33.4 Å². The van der Waals surface area contributed by atoms with E-state index in [2.05, 4.69) is 47.4 Å². The van der Waals surface area contributed by atoms with Gasteiger partial charge in [0.05, 0.1) is 35.5 Å². The van der Waals surface area contributed by atoms with E-state index in [9.17, 15) is 4.79 Å². The van der Waals surface area contributed by atoms with Crippen LogP contribution in [0.4, 0.5) is 0 Å². The van der Waals surface area contributed by atoms with Crippen molar-refractivity contribution < 1.29 is 9.47 Å². The van der Waals surface area contributed by atoms with E-state index in [1.165, 1.54) is 25.9 Å². The van der Waals surface area contributed by atoms with Crippen LogP contribution in [-0.2, 0) is 11.8 Å². The van der Waals surface area contributed by atoms with Gasteiger partial charge in [-0.25, -0.2) is 4.79 Å². The predicted molar refractivity (Wildman–Crippen MR) is 152 cm³/mol. The third kappa shape index (κ3) is 4.85. The van der Waals surface area contributed by atoms with E-state index in [4.69, 9.17) is 14.5 Å². The van der Waals surface area contributed by atoms with Crippen LogP contribution in [0.2, 0.25) is 0 Å². The first kappa shape index (κ1) is 25.1. The number of ether oxygens (including phenoxy) is 2. The Morgan fingerprint density at radius 1 is 0.974 bits per heavy atom. The van der Waals surface area contributed by atoms with Gasteiger partial charge in [0, 0.05) is 32.1 Å². The number of nitrogens with zero attached hydrogens (tertiary/aromatic N) is 4. The van der Waals surface area contributed by atoms with Crippen molar-refractivity contribution in [1.29, 1.82) is 0 Å². The minimum absolute atomic E-state index is 0.0341. The Hall–Kier alpha value is -3.16. The quantitative estimate of drug-likeness (QED) is 0.289. The Labute approximate surface area is 224 Å². The van der Waals surface area contributed by atoms with Gasteiger partial charge in [-0.05, 0) is 93.4 Å². The van der Waals surface area contributed by atoms with Crippen molar-refractivity contribution in [1.82, 2.24) is 19.0 Å². The normalized spacial score (nSPS) is 20.5. The van der Waals surface area contributed by atoms with E-state index in [0.29, 0.717) is 6.10 Å². The van der Waals surface area contributed by atoms with Crippen molar-refractivity contribution in [3.63, 3.8) is 0 Å². The van der Waals surface area contributed by atoms with Gasteiger partial charge in [-0.1, -0.05) is 18.2 Å². The Bertz CT molecular complexity index is 1460. The monoisotopic (exact) mass is 514 g/mol. The molecule has 0 bridgehead atoms. The van der Waals surface area contributed by atoms with Crippen LogP contribution < -0.4 is 10.4 Å². The minimum atomic E-state index is 0.0341. The minimum Gasteiger partial charge on any atom is -0.494 e. The van der Waals surface area contributed by atoms with E-state index in [0.717, 1.165) is 84.1 Å². The summed E-state index contributed by atoms with van der Waals surface area (Å²) in [5, 5.41) is 1.02. The molecule has 2 fully saturated rings. The molecule has 1 saturated carbocycles. The second-order valence-corrected chi connectivity index (χ2v) is 10.9. The zero-order valence-electron chi connectivity index (χ0n) is 22.6. The average molecular weight is 515 g/mol. The lowest BCUT2D eigenvalue weighted by molar-refractivity contribution is 0.0585. The molecule has 2 aromatic carbocycles. The zero-order chi connectivity index (χ0) is 26.1. The molecule has 6 rings (SSSR count). The van der Waals surface area contributed by atoms with Gasteiger partial charge in [-0.2, -0.15) is 0 Å². The van der Waals surface area contributed by atoms with Gasteiger partial charge in [0.15, 0.2) is 0 Å². The third-order valence-corrected chi connectivity index (χ3v) is 8.53. The molecule has 0 spiro atoms. The Morgan fingerprint density at radius 2 is 1.71 bits per heavy atom. The Morgan fingerprint density at radius 3 is 2.45 bits per heavy atom. The number of fused-ring (bicyclic) bond motifs is 3. The van der Waals surface area contributed by atoms with E-state index >= 15 is 0 Å². The summed E-state index contributed by atoms with van der Waals surface area (Å²) < 4.78 is 15.4. The number of rotatable bonds is 8. The third-order valence-electron chi connectivity index (χ3n) is 8.53. The second-order valence-electron chi connectivity index (χ2n) is 10.9. The van der Waals surface area contributed by atoms with Crippen molar-refractivity contribution in [2.45, 2.75) is 57.1 Å². The van der Waals surface area contributed by atoms with Crippen LogP contribution in [0.3, 0.4) is 0 Å². The summed E-state index contributed by atoms with van der Waals surface area (Å²) in [5.74, 6) is 0.906. The molecule has 2 aromatic heterocycles. The molecular formula is C31H38N4O3. The second kappa shape index (κ2) is 10.9. The fourth-order valence-electron chi connectivity index (χ4n) is 6.31. The molecule has 7 nitrogen and oxygen atoms in total. The van der Waals surface area contributed by atoms with Crippen LogP contribution >= 0.6 is 0 Å². The molecule has 0 amide bonds. The summed E-state index contributed by atoms with van der Waals surface area (Å²) >= 11 is 0. The number of hydrogen-bond acceptors (Lipinski definition) is 5. The number of methoxy groups -OCH3 is 1. The maximum Gasteiger partial charge on any atom is 0.329 e. The number of imidazole rings is 1. The van der Waals surface area contributed by atoms with Crippen molar-refractivity contribution in [3.05, 3.63) is 59.1 Å². The number of aryl methyl sites for hydroxylation is 1. The number of aromatic nitrogens is 3. The van der Waals surface area contributed by atoms with E-state index in [1.807, 2.05) is 17.8 Å². The van der Waals surface area contributed by atoms with Crippen LogP contribution in [0.25, 0.3) is 33.1 Å². The van der Waals surface area contributed by atoms with Gasteiger partial charge in [0.2, 0.25) is 0 Å². The van der Waals surface area contributed by atoms with Crippen LogP contribution in [0.15, 0.2) is 53.5 Å². The molecule has 0 radical (unpaired) electrons. The Kier molecular flexibility index (Phi) is 7.22. The lowest BCUT2D eigenvalue weighted by Crippen LogP contribution is -2.30. The van der Waals surface area contributed by atoms with E-state index < -0.39 is 0 Å². The lowest BCUT2D eigenvalue weighted by atomic mass is 9.92. The standard InChI is InChI=1S/C31H38N4O3/c1-33-29-21-32-28-15-8-23(22-6-11-26(12-7-22)38-19-5-18-34-16-3-4-17-34)20-27(28)30(29)35(31(33)36)24-9-13-25(37-2)14-10-24/h6-8,11-12,15,20-21,24-25H,3-5,9-10,13-14,16-19H2,1-2H3/t24-,25-. The summed E-state index contributed by atoms with van der Waals surface area (Å²) in [7, 11) is 3.63. The molecule has 0 atom stereocenters. The fourth-order valence-corrected chi connectivity index (χ4v) is 6.31. The number of likely N-dealkylation sites (tertiary alicyclic amines) is 1. The van der Waals surface area contributed by atoms with Gasteiger partial charge in [-0.15, -0.1) is 0 Å². The first-order valence-corrected chi connectivity index (χ1v) is 14.1. The van der Waals surface area contributed by atoms with Crippen LogP contribution in [0, 0.1) is 0 Å². The van der Waals surface area contributed by atoms with Gasteiger partial charge < -0.3 is 14.4 Å². The molecule has 38 heavy (non-hydrogen) atoms. The van der Waals surface area contributed by atoms with Crippen molar-refractivity contribution in [3.8, 4) is 16.9 Å². The summed E-state index contributed by atoms with van der Waals surface area (Å²) in [4.78, 5) is 20.6. The molecule has 0 unspecified atom stereocenters. The number of hydrogen-bond donors (Lipinski definition) is 0. The highest BCUT2D eigenvalue weighted by molar-refractivity contribution is 6.04. The first-order valence-electron chi connectivity index (χ1n) is 14.1. The highest BCUT2D eigenvalue weighted by Gasteiger charge is 2.27. The first-order chi connectivity index (χ1) is 18.6. The van der Waals surface area contributed by atoms with Crippen LogP contribution in [0.1, 0.15) is 51.0 Å². The molecule has 0 N–H and O–H groups in total. The molecule has 200 valence electrons. The SMILES string of the molecule is CO[C@H]1CC[C@H](n2c(=O)n(C)c3cnc4ccc(-c5ccc(OCCCN6CCCC6)cc5)cc4c32)CC1. The number of benzene rings is 2. The fraction of sp³-hybridized carbons (Fsp3) is 0.484. The average Bonchev–Trinajstić information content (AvgIpc) is 3.57. The highest BCUT2D eigenvalue weighted by atomic mass is 16.5. The molecule has 3 heterocycles. The summed E-state index contributed by atoms with van der Waals surface area (Å²) in [6.07, 6.45) is 9.69. The maximum absolute atomic E-state index is 13.4.